The molecular formula is C17H22O5. The van der Waals surface area contributed by atoms with Crippen LogP contribution in [0.15, 0.2) is 12.1 Å². The van der Waals surface area contributed by atoms with E-state index in [9.17, 15) is 15.0 Å². The zero-order valence-electron chi connectivity index (χ0n) is 12.9. The Morgan fingerprint density at radius 2 is 2.09 bits per heavy atom. The second kappa shape index (κ2) is 5.16. The molecule has 2 aliphatic rings. The van der Waals surface area contributed by atoms with Crippen LogP contribution in [0.3, 0.4) is 0 Å². The number of phenolic OH excluding ortho intramolecular Hbond substituents is 1. The molecule has 1 heterocycles. The largest absolute Gasteiger partial charge is 0.508 e. The van der Waals surface area contributed by atoms with Crippen molar-refractivity contribution in [3.8, 4) is 11.5 Å². The van der Waals surface area contributed by atoms with Crippen LogP contribution in [-0.2, 0) is 11.2 Å². The highest BCUT2D eigenvalue weighted by atomic mass is 16.5. The van der Waals surface area contributed by atoms with Crippen molar-refractivity contribution in [2.24, 2.45) is 5.92 Å². The van der Waals surface area contributed by atoms with Crippen LogP contribution in [0.5, 0.6) is 11.5 Å². The van der Waals surface area contributed by atoms with Crippen LogP contribution >= 0.6 is 0 Å². The molecule has 0 bridgehead atoms. The summed E-state index contributed by atoms with van der Waals surface area (Å²) in [5.41, 5.74) is 0.845. The van der Waals surface area contributed by atoms with E-state index in [1.165, 1.54) is 6.07 Å². The van der Waals surface area contributed by atoms with E-state index in [-0.39, 0.29) is 30.1 Å². The first-order chi connectivity index (χ1) is 10.3. The van der Waals surface area contributed by atoms with Gasteiger partial charge in [-0.05, 0) is 50.8 Å². The summed E-state index contributed by atoms with van der Waals surface area (Å²) in [6.45, 7) is 4.04. The number of phenols is 1. The Bertz CT molecular complexity index is 607. The Balaban J connectivity index is 2.06. The fourth-order valence-electron chi connectivity index (χ4n) is 4.06. The molecule has 1 aliphatic carbocycles. The van der Waals surface area contributed by atoms with E-state index in [2.05, 4.69) is 0 Å². The van der Waals surface area contributed by atoms with Crippen LogP contribution < -0.4 is 4.74 Å². The zero-order chi connectivity index (χ0) is 16.1. The molecule has 120 valence electrons. The molecule has 3 rings (SSSR count). The van der Waals surface area contributed by atoms with Crippen LogP contribution in [0, 0.1) is 5.92 Å². The van der Waals surface area contributed by atoms with Gasteiger partial charge < -0.3 is 20.1 Å². The van der Waals surface area contributed by atoms with Crippen molar-refractivity contribution < 1.29 is 24.9 Å². The van der Waals surface area contributed by atoms with Gasteiger partial charge in [-0.2, -0.15) is 0 Å². The zero-order valence-corrected chi connectivity index (χ0v) is 12.9. The summed E-state index contributed by atoms with van der Waals surface area (Å²) in [5.74, 6) is -0.0358. The quantitative estimate of drug-likeness (QED) is 0.781. The number of aromatic hydroxyl groups is 1. The highest BCUT2D eigenvalue weighted by Crippen LogP contribution is 2.54. The van der Waals surface area contributed by atoms with Crippen molar-refractivity contribution in [2.75, 3.05) is 0 Å². The first kappa shape index (κ1) is 15.2. The highest BCUT2D eigenvalue weighted by molar-refractivity contribution is 5.71. The first-order valence-electron chi connectivity index (χ1n) is 7.72. The van der Waals surface area contributed by atoms with Crippen molar-refractivity contribution in [1.29, 1.82) is 0 Å². The van der Waals surface area contributed by atoms with Crippen LogP contribution in [0.1, 0.15) is 50.2 Å². The van der Waals surface area contributed by atoms with Gasteiger partial charge >= 0.3 is 5.97 Å². The summed E-state index contributed by atoms with van der Waals surface area (Å²) >= 11 is 0. The summed E-state index contributed by atoms with van der Waals surface area (Å²) in [4.78, 5) is 10.9. The molecule has 3 atom stereocenters. The average molecular weight is 306 g/mol. The SMILES string of the molecule is CC1(C)Oc2cc(CC(=O)O)cc(O)c2[C@@H]2C[C@@H](O)CC[C@H]21. The molecule has 0 spiro atoms. The third kappa shape index (κ3) is 2.54. The van der Waals surface area contributed by atoms with Gasteiger partial charge in [0.05, 0.1) is 12.5 Å². The van der Waals surface area contributed by atoms with E-state index in [0.29, 0.717) is 17.7 Å². The summed E-state index contributed by atoms with van der Waals surface area (Å²) in [5, 5.41) is 29.3. The number of carbonyl (C=O) groups is 1. The summed E-state index contributed by atoms with van der Waals surface area (Å²) in [6, 6.07) is 3.22. The Morgan fingerprint density at radius 3 is 2.77 bits per heavy atom. The molecule has 1 aliphatic heterocycles. The van der Waals surface area contributed by atoms with Gasteiger partial charge in [0, 0.05) is 17.4 Å². The number of benzene rings is 1. The molecule has 0 unspecified atom stereocenters. The third-order valence-electron chi connectivity index (χ3n) is 4.99. The molecule has 1 saturated carbocycles. The second-order valence-electron chi connectivity index (χ2n) is 6.98. The maximum atomic E-state index is 10.9. The average Bonchev–Trinajstić information content (AvgIpc) is 2.35. The highest BCUT2D eigenvalue weighted by Gasteiger charge is 2.47. The van der Waals surface area contributed by atoms with E-state index in [1.807, 2.05) is 13.8 Å². The number of fused-ring (bicyclic) bond motifs is 3. The number of carboxylic acids is 1. The molecule has 22 heavy (non-hydrogen) atoms. The molecule has 1 aromatic carbocycles. The Morgan fingerprint density at radius 1 is 1.36 bits per heavy atom. The summed E-state index contributed by atoms with van der Waals surface area (Å²) in [7, 11) is 0. The van der Waals surface area contributed by atoms with E-state index in [4.69, 9.17) is 9.84 Å². The van der Waals surface area contributed by atoms with Gasteiger partial charge in [0.25, 0.3) is 0 Å². The number of hydrogen-bond donors (Lipinski definition) is 3. The van der Waals surface area contributed by atoms with Gasteiger partial charge in [0.1, 0.15) is 17.1 Å². The predicted octanol–water partition coefficient (Wildman–Crippen LogP) is 2.43. The summed E-state index contributed by atoms with van der Waals surface area (Å²) in [6.07, 6.45) is 1.70. The molecule has 5 nitrogen and oxygen atoms in total. The number of carboxylic acid groups (broad SMARTS) is 1. The monoisotopic (exact) mass is 306 g/mol. The summed E-state index contributed by atoms with van der Waals surface area (Å²) < 4.78 is 6.09. The Hall–Kier alpha value is -1.75. The van der Waals surface area contributed by atoms with Crippen molar-refractivity contribution in [3.63, 3.8) is 0 Å². The van der Waals surface area contributed by atoms with E-state index < -0.39 is 11.6 Å². The van der Waals surface area contributed by atoms with E-state index in [1.54, 1.807) is 6.07 Å². The minimum Gasteiger partial charge on any atom is -0.508 e. The first-order valence-corrected chi connectivity index (χ1v) is 7.72. The van der Waals surface area contributed by atoms with Gasteiger partial charge in [-0.25, -0.2) is 0 Å². The normalized spacial score (nSPS) is 29.1. The van der Waals surface area contributed by atoms with Gasteiger partial charge in [-0.15, -0.1) is 0 Å². The lowest BCUT2D eigenvalue weighted by Crippen LogP contribution is -2.47. The van der Waals surface area contributed by atoms with Crippen LogP contribution in [0.2, 0.25) is 0 Å². The molecule has 0 amide bonds. The molecule has 1 fully saturated rings. The van der Waals surface area contributed by atoms with Crippen molar-refractivity contribution in [3.05, 3.63) is 23.3 Å². The lowest BCUT2D eigenvalue weighted by molar-refractivity contribution is -0.136. The predicted molar refractivity (Wildman–Crippen MR) is 80.2 cm³/mol. The third-order valence-corrected chi connectivity index (χ3v) is 4.99. The Labute approximate surface area is 129 Å². The van der Waals surface area contributed by atoms with Crippen LogP contribution in [-0.4, -0.2) is 33.0 Å². The van der Waals surface area contributed by atoms with Gasteiger partial charge in [-0.3, -0.25) is 4.79 Å². The van der Waals surface area contributed by atoms with Crippen molar-refractivity contribution in [2.45, 2.75) is 57.2 Å². The molecular weight excluding hydrogens is 284 g/mol. The smallest absolute Gasteiger partial charge is 0.307 e. The van der Waals surface area contributed by atoms with Crippen LogP contribution in [0.25, 0.3) is 0 Å². The van der Waals surface area contributed by atoms with Crippen molar-refractivity contribution >= 4 is 5.97 Å². The fourth-order valence-corrected chi connectivity index (χ4v) is 4.06. The minimum absolute atomic E-state index is 0.0429. The lowest BCUT2D eigenvalue weighted by atomic mass is 9.66. The number of aliphatic carboxylic acids is 1. The molecule has 0 aromatic heterocycles. The van der Waals surface area contributed by atoms with Gasteiger partial charge in [0.2, 0.25) is 0 Å². The number of ether oxygens (including phenoxy) is 1. The van der Waals surface area contributed by atoms with Gasteiger partial charge in [-0.1, -0.05) is 0 Å². The van der Waals surface area contributed by atoms with E-state index >= 15 is 0 Å². The molecule has 5 heteroatoms. The molecule has 1 aromatic rings. The number of aliphatic hydroxyl groups excluding tert-OH is 1. The Kier molecular flexibility index (Phi) is 3.56. The maximum absolute atomic E-state index is 10.9. The molecule has 0 saturated heterocycles. The number of hydrogen-bond acceptors (Lipinski definition) is 4. The van der Waals surface area contributed by atoms with Crippen LogP contribution in [0.4, 0.5) is 0 Å². The molecule has 3 N–H and O–H groups in total. The lowest BCUT2D eigenvalue weighted by Gasteiger charge is -2.48. The maximum Gasteiger partial charge on any atom is 0.307 e. The number of aliphatic hydroxyl groups is 1. The fraction of sp³-hybridized carbons (Fsp3) is 0.588. The van der Waals surface area contributed by atoms with E-state index in [0.717, 1.165) is 18.4 Å². The molecule has 0 radical (unpaired) electrons. The van der Waals surface area contributed by atoms with Gasteiger partial charge in [0.15, 0.2) is 0 Å². The minimum atomic E-state index is -0.944. The second-order valence-corrected chi connectivity index (χ2v) is 6.98. The topological polar surface area (TPSA) is 87.0 Å². The van der Waals surface area contributed by atoms with Crippen molar-refractivity contribution in [1.82, 2.24) is 0 Å². The number of rotatable bonds is 2. The standard InChI is InChI=1S/C17H22O5/c1-17(2)12-4-3-10(18)8-11(12)16-13(19)5-9(7-15(20)21)6-14(16)22-17/h5-6,10-12,18-19H,3-4,7-8H2,1-2H3,(H,20,21)/t10-,11+,12+/m0/s1.